The third-order valence-electron chi connectivity index (χ3n) is 3.94. The van der Waals surface area contributed by atoms with Crippen LogP contribution in [0.2, 0.25) is 0 Å². The maximum atomic E-state index is 10.6. The van der Waals surface area contributed by atoms with Crippen LogP contribution in [0.25, 0.3) is 0 Å². The molecule has 5 N–H and O–H groups in total. The lowest BCUT2D eigenvalue weighted by molar-refractivity contribution is -0.193. The molecule has 3 atom stereocenters. The Labute approximate surface area is 115 Å². The van der Waals surface area contributed by atoms with Gasteiger partial charge in [0.1, 0.15) is 5.60 Å². The molecule has 0 saturated carbocycles. The minimum Gasteiger partial charge on any atom is -0.394 e. The predicted molar refractivity (Wildman–Crippen MR) is 73.7 cm³/mol. The van der Waals surface area contributed by atoms with Crippen LogP contribution in [0.3, 0.4) is 0 Å². The predicted octanol–water partition coefficient (Wildman–Crippen LogP) is 0.565. The van der Waals surface area contributed by atoms with Gasteiger partial charge in [0.15, 0.2) is 0 Å². The van der Waals surface area contributed by atoms with Crippen molar-refractivity contribution in [3.8, 4) is 0 Å². The molecule has 0 aliphatic heterocycles. The van der Waals surface area contributed by atoms with E-state index in [1.807, 2.05) is 0 Å². The molecule has 0 amide bonds. The second kappa shape index (κ2) is 8.87. The molecule has 0 spiro atoms. The van der Waals surface area contributed by atoms with Crippen molar-refractivity contribution in [1.29, 1.82) is 0 Å². The van der Waals surface area contributed by atoms with Crippen LogP contribution in [0.4, 0.5) is 0 Å². The average Bonchev–Trinajstić information content (AvgIpc) is 2.42. The molecule has 3 unspecified atom stereocenters. The summed E-state index contributed by atoms with van der Waals surface area (Å²) in [6.07, 6.45) is 3.14. The molecule has 0 radical (unpaired) electrons. The van der Waals surface area contributed by atoms with Gasteiger partial charge in [0.2, 0.25) is 0 Å². The van der Waals surface area contributed by atoms with Crippen LogP contribution in [0.5, 0.6) is 0 Å². The Hall–Kier alpha value is -0.200. The maximum absolute atomic E-state index is 10.6. The van der Waals surface area contributed by atoms with E-state index in [0.717, 1.165) is 25.7 Å². The van der Waals surface area contributed by atoms with Crippen LogP contribution in [-0.4, -0.2) is 56.1 Å². The van der Waals surface area contributed by atoms with Crippen molar-refractivity contribution in [2.24, 2.45) is 0 Å². The third-order valence-corrected chi connectivity index (χ3v) is 3.94. The van der Waals surface area contributed by atoms with Crippen molar-refractivity contribution in [3.05, 3.63) is 0 Å². The smallest absolute Gasteiger partial charge is 0.119 e. The highest BCUT2D eigenvalue weighted by Gasteiger charge is 2.48. The Balaban J connectivity index is 4.71. The fraction of sp³-hybridized carbons (Fsp3) is 1.00. The number of unbranched alkanes of at least 4 members (excludes halogenated alkanes) is 3. The zero-order chi connectivity index (χ0) is 14.9. The first-order valence-corrected chi connectivity index (χ1v) is 7.23. The molecule has 116 valence electrons. The van der Waals surface area contributed by atoms with Gasteiger partial charge in [-0.3, -0.25) is 0 Å². The Morgan fingerprint density at radius 1 is 0.947 bits per heavy atom. The van der Waals surface area contributed by atoms with Crippen LogP contribution < -0.4 is 0 Å². The lowest BCUT2D eigenvalue weighted by Gasteiger charge is -2.43. The van der Waals surface area contributed by atoms with Crippen molar-refractivity contribution < 1.29 is 25.5 Å². The largest absolute Gasteiger partial charge is 0.394 e. The third kappa shape index (κ3) is 5.36. The fourth-order valence-electron chi connectivity index (χ4n) is 2.44. The average molecular weight is 278 g/mol. The first-order valence-electron chi connectivity index (χ1n) is 7.23. The fourth-order valence-corrected chi connectivity index (χ4v) is 2.44. The number of aliphatic hydroxyl groups excluding tert-OH is 3. The van der Waals surface area contributed by atoms with E-state index in [2.05, 4.69) is 6.92 Å². The zero-order valence-electron chi connectivity index (χ0n) is 12.2. The molecule has 0 aromatic heterocycles. The van der Waals surface area contributed by atoms with Gasteiger partial charge in [-0.1, -0.05) is 39.5 Å². The molecular formula is C14H30O5. The van der Waals surface area contributed by atoms with Gasteiger partial charge in [-0.05, 0) is 12.8 Å². The molecule has 0 aliphatic carbocycles. The second-order valence-corrected chi connectivity index (χ2v) is 5.43. The number of rotatable bonds is 11. The van der Waals surface area contributed by atoms with Crippen molar-refractivity contribution >= 4 is 0 Å². The van der Waals surface area contributed by atoms with Gasteiger partial charge in [0, 0.05) is 6.42 Å². The highest BCUT2D eigenvalue weighted by atomic mass is 16.4. The Morgan fingerprint density at radius 2 is 1.58 bits per heavy atom. The van der Waals surface area contributed by atoms with Crippen molar-refractivity contribution in [1.82, 2.24) is 0 Å². The summed E-state index contributed by atoms with van der Waals surface area (Å²) >= 11 is 0. The minimum absolute atomic E-state index is 0.238. The summed E-state index contributed by atoms with van der Waals surface area (Å²) in [4.78, 5) is 0. The van der Waals surface area contributed by atoms with Gasteiger partial charge >= 0.3 is 0 Å². The molecule has 5 heteroatoms. The molecule has 0 rings (SSSR count). The van der Waals surface area contributed by atoms with Crippen LogP contribution in [0.1, 0.15) is 58.8 Å². The van der Waals surface area contributed by atoms with Crippen molar-refractivity contribution in [2.45, 2.75) is 76.1 Å². The van der Waals surface area contributed by atoms with Crippen LogP contribution in [-0.2, 0) is 0 Å². The standard InChI is InChI=1S/C14H30O5/c1-3-5-6-7-8-13(18,4-2)14(19,11-16)9-12(17)10-15/h12,15-19H,3-11H2,1-2H3. The maximum Gasteiger partial charge on any atom is 0.119 e. The number of hydrogen-bond acceptors (Lipinski definition) is 5. The van der Waals surface area contributed by atoms with E-state index >= 15 is 0 Å². The minimum atomic E-state index is -1.78. The summed E-state index contributed by atoms with van der Waals surface area (Å²) in [6, 6.07) is 0. The lowest BCUT2D eigenvalue weighted by Crippen LogP contribution is -2.58. The molecule has 19 heavy (non-hydrogen) atoms. The monoisotopic (exact) mass is 278 g/mol. The summed E-state index contributed by atoms with van der Waals surface area (Å²) < 4.78 is 0. The normalized spacial score (nSPS) is 19.7. The van der Waals surface area contributed by atoms with Gasteiger partial charge < -0.3 is 25.5 Å². The van der Waals surface area contributed by atoms with E-state index in [-0.39, 0.29) is 12.8 Å². The summed E-state index contributed by atoms with van der Waals surface area (Å²) in [7, 11) is 0. The molecule has 0 heterocycles. The number of aliphatic hydroxyl groups is 5. The molecule has 0 bridgehead atoms. The Bertz CT molecular complexity index is 236. The van der Waals surface area contributed by atoms with Gasteiger partial charge in [0.25, 0.3) is 0 Å². The SMILES string of the molecule is CCCCCCC(O)(CC)C(O)(CO)CC(O)CO. The zero-order valence-corrected chi connectivity index (χ0v) is 12.2. The first kappa shape index (κ1) is 18.8. The second-order valence-electron chi connectivity index (χ2n) is 5.43. The quantitative estimate of drug-likeness (QED) is 0.356. The van der Waals surface area contributed by atoms with Crippen LogP contribution >= 0.6 is 0 Å². The van der Waals surface area contributed by atoms with Gasteiger partial charge in [-0.2, -0.15) is 0 Å². The summed E-state index contributed by atoms with van der Waals surface area (Å²) in [6.45, 7) is 2.69. The van der Waals surface area contributed by atoms with E-state index in [9.17, 15) is 20.4 Å². The van der Waals surface area contributed by atoms with E-state index in [0.29, 0.717) is 6.42 Å². The van der Waals surface area contributed by atoms with E-state index in [1.54, 1.807) is 6.92 Å². The van der Waals surface area contributed by atoms with Crippen LogP contribution in [0.15, 0.2) is 0 Å². The van der Waals surface area contributed by atoms with Gasteiger partial charge in [-0.15, -0.1) is 0 Å². The molecule has 0 aromatic rings. The first-order chi connectivity index (χ1) is 8.89. The van der Waals surface area contributed by atoms with E-state index < -0.39 is 30.5 Å². The van der Waals surface area contributed by atoms with Gasteiger partial charge in [-0.25, -0.2) is 0 Å². The van der Waals surface area contributed by atoms with Crippen molar-refractivity contribution in [3.63, 3.8) is 0 Å². The van der Waals surface area contributed by atoms with Gasteiger partial charge in [0.05, 0.1) is 24.9 Å². The summed E-state index contributed by atoms with van der Waals surface area (Å²) in [5.41, 5.74) is -3.22. The van der Waals surface area contributed by atoms with E-state index in [1.165, 1.54) is 0 Å². The molecular weight excluding hydrogens is 248 g/mol. The Kier molecular flexibility index (Phi) is 8.78. The molecule has 0 saturated heterocycles. The van der Waals surface area contributed by atoms with Crippen molar-refractivity contribution in [2.75, 3.05) is 13.2 Å². The highest BCUT2D eigenvalue weighted by Crippen LogP contribution is 2.34. The summed E-state index contributed by atoms with van der Waals surface area (Å²) in [5.74, 6) is 0. The number of hydrogen-bond donors (Lipinski definition) is 5. The summed E-state index contributed by atoms with van der Waals surface area (Å²) in [5, 5.41) is 48.7. The molecule has 0 fully saturated rings. The lowest BCUT2D eigenvalue weighted by atomic mass is 9.74. The van der Waals surface area contributed by atoms with E-state index in [4.69, 9.17) is 5.11 Å². The molecule has 0 aliphatic rings. The van der Waals surface area contributed by atoms with Crippen LogP contribution in [0, 0.1) is 0 Å². The Morgan fingerprint density at radius 3 is 2.00 bits per heavy atom. The molecule has 5 nitrogen and oxygen atoms in total. The molecule has 0 aromatic carbocycles. The topological polar surface area (TPSA) is 101 Å². The highest BCUT2D eigenvalue weighted by molar-refractivity contribution is 5.00.